The zero-order chi connectivity index (χ0) is 14.7. The summed E-state index contributed by atoms with van der Waals surface area (Å²) in [6.07, 6.45) is 1.51. The van der Waals surface area contributed by atoms with Gasteiger partial charge in [0.1, 0.15) is 29.0 Å². The van der Waals surface area contributed by atoms with Crippen molar-refractivity contribution in [1.29, 1.82) is 0 Å². The number of aryl methyl sites for hydroxylation is 1. The molecule has 2 N–H and O–H groups in total. The third kappa shape index (κ3) is 3.20. The molecule has 0 amide bonds. The van der Waals surface area contributed by atoms with Crippen molar-refractivity contribution in [2.24, 2.45) is 0 Å². The lowest BCUT2D eigenvalue weighted by Crippen LogP contribution is -2.05. The molecule has 0 saturated carbocycles. The molecule has 0 spiro atoms. The summed E-state index contributed by atoms with van der Waals surface area (Å²) in [7, 11) is 0. The summed E-state index contributed by atoms with van der Waals surface area (Å²) in [5.41, 5.74) is 6.32. The average molecular weight is 279 g/mol. The van der Waals surface area contributed by atoms with E-state index in [0.717, 1.165) is 24.6 Å². The number of halogens is 2. The maximum atomic E-state index is 13.1. The minimum atomic E-state index is -0.714. The van der Waals surface area contributed by atoms with Gasteiger partial charge in [-0.25, -0.2) is 13.8 Å². The number of hydrogen-bond acceptors (Lipinski definition) is 4. The van der Waals surface area contributed by atoms with Gasteiger partial charge in [0.25, 0.3) is 0 Å². The number of nitrogen functional groups attached to an aromatic ring is 1. The molecule has 0 radical (unpaired) electrons. The Morgan fingerprint density at radius 2 is 1.80 bits per heavy atom. The molecular formula is C14H15F2N3O. The van der Waals surface area contributed by atoms with Crippen LogP contribution in [0, 0.1) is 18.6 Å². The van der Waals surface area contributed by atoms with Crippen molar-refractivity contribution in [1.82, 2.24) is 9.97 Å². The Kier molecular flexibility index (Phi) is 4.12. The van der Waals surface area contributed by atoms with E-state index in [1.807, 2.05) is 6.92 Å². The number of nitrogens with two attached hydrogens (primary N) is 1. The van der Waals surface area contributed by atoms with Gasteiger partial charge in [0.15, 0.2) is 0 Å². The molecule has 1 heterocycles. The second-order valence-corrected chi connectivity index (χ2v) is 4.41. The normalized spacial score (nSPS) is 10.6. The van der Waals surface area contributed by atoms with Crippen LogP contribution >= 0.6 is 0 Å². The fourth-order valence-electron chi connectivity index (χ4n) is 1.69. The first kappa shape index (κ1) is 14.2. The highest BCUT2D eigenvalue weighted by Crippen LogP contribution is 2.27. The van der Waals surface area contributed by atoms with E-state index >= 15 is 0 Å². The molecular weight excluding hydrogens is 264 g/mol. The van der Waals surface area contributed by atoms with E-state index in [2.05, 4.69) is 9.97 Å². The van der Waals surface area contributed by atoms with Gasteiger partial charge in [-0.15, -0.1) is 0 Å². The van der Waals surface area contributed by atoms with Gasteiger partial charge in [-0.3, -0.25) is 0 Å². The molecule has 0 aliphatic carbocycles. The van der Waals surface area contributed by atoms with Gasteiger partial charge in [-0.1, -0.05) is 6.92 Å². The van der Waals surface area contributed by atoms with E-state index in [4.69, 9.17) is 10.5 Å². The van der Waals surface area contributed by atoms with Crippen LogP contribution in [0.3, 0.4) is 0 Å². The van der Waals surface area contributed by atoms with Gasteiger partial charge in [0.05, 0.1) is 5.56 Å². The molecule has 0 fully saturated rings. The maximum Gasteiger partial charge on any atom is 0.227 e. The quantitative estimate of drug-likeness (QED) is 0.931. The molecule has 20 heavy (non-hydrogen) atoms. The largest absolute Gasteiger partial charge is 0.438 e. The molecule has 1 aromatic carbocycles. The lowest BCUT2D eigenvalue weighted by atomic mass is 10.3. The van der Waals surface area contributed by atoms with Crippen LogP contribution in [-0.4, -0.2) is 9.97 Å². The molecule has 0 aliphatic rings. The fraction of sp³-hybridized carbons (Fsp3) is 0.286. The van der Waals surface area contributed by atoms with E-state index in [1.165, 1.54) is 0 Å². The van der Waals surface area contributed by atoms with Gasteiger partial charge in [0, 0.05) is 24.6 Å². The molecule has 4 nitrogen and oxygen atoms in total. The lowest BCUT2D eigenvalue weighted by molar-refractivity contribution is 0.444. The van der Waals surface area contributed by atoms with Crippen LogP contribution in [0.25, 0.3) is 0 Å². The van der Waals surface area contributed by atoms with E-state index in [-0.39, 0.29) is 11.6 Å². The Morgan fingerprint density at radius 1 is 1.15 bits per heavy atom. The monoisotopic (exact) mass is 279 g/mol. The van der Waals surface area contributed by atoms with Crippen LogP contribution < -0.4 is 10.5 Å². The highest BCUT2D eigenvalue weighted by molar-refractivity contribution is 5.46. The Labute approximate surface area is 115 Å². The Hall–Kier alpha value is -2.24. The third-order valence-corrected chi connectivity index (χ3v) is 2.71. The molecule has 0 saturated heterocycles. The van der Waals surface area contributed by atoms with Crippen molar-refractivity contribution in [3.63, 3.8) is 0 Å². The van der Waals surface area contributed by atoms with E-state index in [0.29, 0.717) is 23.6 Å². The molecule has 0 atom stereocenters. The smallest absolute Gasteiger partial charge is 0.227 e. The van der Waals surface area contributed by atoms with Gasteiger partial charge in [-0.05, 0) is 13.3 Å². The minimum absolute atomic E-state index is 0.0335. The van der Waals surface area contributed by atoms with Crippen molar-refractivity contribution < 1.29 is 13.5 Å². The van der Waals surface area contributed by atoms with Crippen LogP contribution in [0.1, 0.15) is 24.7 Å². The Bertz CT molecular complexity index is 612. The minimum Gasteiger partial charge on any atom is -0.438 e. The molecule has 0 bridgehead atoms. The molecule has 1 aromatic heterocycles. The zero-order valence-corrected chi connectivity index (χ0v) is 11.3. The van der Waals surface area contributed by atoms with Gasteiger partial charge in [-0.2, -0.15) is 4.98 Å². The second-order valence-electron chi connectivity index (χ2n) is 4.41. The summed E-state index contributed by atoms with van der Waals surface area (Å²) in [6, 6.07) is 2.94. The lowest BCUT2D eigenvalue weighted by Gasteiger charge is -2.11. The van der Waals surface area contributed by atoms with Gasteiger partial charge in [0.2, 0.25) is 5.88 Å². The van der Waals surface area contributed by atoms with Gasteiger partial charge >= 0.3 is 0 Å². The van der Waals surface area contributed by atoms with E-state index in [1.54, 1.807) is 6.92 Å². The molecule has 106 valence electrons. The van der Waals surface area contributed by atoms with Crippen LogP contribution in [-0.2, 0) is 6.42 Å². The average Bonchev–Trinajstić information content (AvgIpc) is 2.34. The van der Waals surface area contributed by atoms with Crippen molar-refractivity contribution in [2.75, 3.05) is 5.73 Å². The maximum absolute atomic E-state index is 13.1. The Balaban J connectivity index is 2.36. The Morgan fingerprint density at radius 3 is 2.40 bits per heavy atom. The van der Waals surface area contributed by atoms with Crippen molar-refractivity contribution >= 4 is 5.82 Å². The summed E-state index contributed by atoms with van der Waals surface area (Å²) >= 11 is 0. The highest BCUT2D eigenvalue weighted by Gasteiger charge is 2.12. The molecule has 0 unspecified atom stereocenters. The number of benzene rings is 1. The number of ether oxygens (including phenoxy) is 1. The number of anilines is 1. The van der Waals surface area contributed by atoms with Crippen molar-refractivity contribution in [3.05, 3.63) is 41.2 Å². The van der Waals surface area contributed by atoms with Gasteiger partial charge < -0.3 is 10.5 Å². The topological polar surface area (TPSA) is 61.0 Å². The summed E-state index contributed by atoms with van der Waals surface area (Å²) in [4.78, 5) is 8.36. The number of nitrogens with zero attached hydrogens (tertiary/aromatic N) is 2. The summed E-state index contributed by atoms with van der Waals surface area (Å²) in [6.45, 7) is 3.68. The van der Waals surface area contributed by atoms with Crippen LogP contribution in [0.5, 0.6) is 11.6 Å². The number of hydrogen-bond donors (Lipinski definition) is 1. The highest BCUT2D eigenvalue weighted by atomic mass is 19.1. The summed E-state index contributed by atoms with van der Waals surface area (Å²) in [5, 5.41) is 0. The van der Waals surface area contributed by atoms with Crippen LogP contribution in [0.15, 0.2) is 18.2 Å². The van der Waals surface area contributed by atoms with E-state index in [9.17, 15) is 8.78 Å². The van der Waals surface area contributed by atoms with Crippen molar-refractivity contribution in [3.8, 4) is 11.6 Å². The summed E-state index contributed by atoms with van der Waals surface area (Å²) in [5.74, 6) is -0.336. The predicted octanol–water partition coefficient (Wildman–Crippen LogP) is 3.39. The molecule has 2 rings (SSSR count). The van der Waals surface area contributed by atoms with E-state index < -0.39 is 11.6 Å². The second kappa shape index (κ2) is 5.81. The first-order chi connectivity index (χ1) is 9.49. The fourth-order valence-corrected chi connectivity index (χ4v) is 1.69. The first-order valence-corrected chi connectivity index (χ1v) is 6.26. The standard InChI is InChI=1S/C14H15F2N3O/c1-3-4-12-18-13(17)8(2)14(19-12)20-11-6-9(15)5-10(16)7-11/h5-7H,3-4H2,1-2H3,(H2,17,18,19). The van der Waals surface area contributed by atoms with Crippen LogP contribution in [0.4, 0.5) is 14.6 Å². The molecule has 0 aliphatic heterocycles. The number of aromatic nitrogens is 2. The summed E-state index contributed by atoms with van der Waals surface area (Å²) < 4.78 is 31.7. The number of rotatable bonds is 4. The molecule has 6 heteroatoms. The predicted molar refractivity (Wildman–Crippen MR) is 71.6 cm³/mol. The SMILES string of the molecule is CCCc1nc(N)c(C)c(Oc2cc(F)cc(F)c2)n1. The zero-order valence-electron chi connectivity index (χ0n) is 11.3. The first-order valence-electron chi connectivity index (χ1n) is 6.26. The molecule has 2 aromatic rings. The third-order valence-electron chi connectivity index (χ3n) is 2.71. The van der Waals surface area contributed by atoms with Crippen molar-refractivity contribution in [2.45, 2.75) is 26.7 Å². The van der Waals surface area contributed by atoms with Crippen LogP contribution in [0.2, 0.25) is 0 Å².